The van der Waals surface area contributed by atoms with Crippen molar-refractivity contribution in [3.05, 3.63) is 0 Å². The van der Waals surface area contributed by atoms with Crippen molar-refractivity contribution >= 4 is 14.3 Å². The molecule has 0 heterocycles. The Hall–Kier alpha value is 0.477. The summed E-state index contributed by atoms with van der Waals surface area (Å²) < 4.78 is 38.8. The van der Waals surface area contributed by atoms with E-state index in [-0.39, 0.29) is 31.0 Å². The molecule has 0 saturated heterocycles. The van der Waals surface area contributed by atoms with E-state index >= 15 is 0 Å². The van der Waals surface area contributed by atoms with Gasteiger partial charge < -0.3 is 5.85 Å². The third-order valence-corrected chi connectivity index (χ3v) is 1.43. The molecule has 0 aliphatic heterocycles. The molecule has 0 aromatic heterocycles. The monoisotopic (exact) mass is 210 g/mol. The second-order valence-corrected chi connectivity index (χ2v) is 7.43. The molecule has 68 valence electrons. The van der Waals surface area contributed by atoms with E-state index in [0.29, 0.717) is 0 Å². The molecule has 0 spiro atoms. The molecule has 12 heavy (non-hydrogen) atoms. The van der Waals surface area contributed by atoms with Crippen LogP contribution < -0.4 is 29.6 Å². The van der Waals surface area contributed by atoms with Crippen molar-refractivity contribution < 1.29 is 53.4 Å². The van der Waals surface area contributed by atoms with Gasteiger partial charge in [0.25, 0.3) is 0 Å². The largest absolute Gasteiger partial charge is 1.00 e. The van der Waals surface area contributed by atoms with Gasteiger partial charge in [0.05, 0.1) is 0 Å². The molecular formula is C5H10F3NaO2Si. The summed E-state index contributed by atoms with van der Waals surface area (Å²) in [6.45, 7) is 4.53. The third-order valence-electron chi connectivity index (χ3n) is 0.630. The van der Waals surface area contributed by atoms with Gasteiger partial charge in [-0.1, -0.05) is 0 Å². The minimum absolute atomic E-state index is 0. The Labute approximate surface area is 93.4 Å². The van der Waals surface area contributed by atoms with Crippen LogP contribution in [0.4, 0.5) is 13.2 Å². The van der Waals surface area contributed by atoms with Gasteiger partial charge in [-0.05, 0) is 19.6 Å². The molecule has 2 nitrogen and oxygen atoms in total. The smallest absolute Gasteiger partial charge is 1.00 e. The second-order valence-electron chi connectivity index (χ2n) is 3.00. The quantitative estimate of drug-likeness (QED) is 0.521. The first-order valence-electron chi connectivity index (χ1n) is 2.93. The minimum Gasteiger partial charge on any atom is -1.00 e. The topological polar surface area (TPSA) is 26.3 Å². The number of carbonyl (C=O) groups is 1. The van der Waals surface area contributed by atoms with Crippen LogP contribution in [0.3, 0.4) is 0 Å². The van der Waals surface area contributed by atoms with Gasteiger partial charge in [-0.25, -0.2) is 4.79 Å². The molecule has 0 unspecified atom stereocenters. The van der Waals surface area contributed by atoms with Crippen LogP contribution >= 0.6 is 0 Å². The Morgan fingerprint density at radius 2 is 1.67 bits per heavy atom. The molecule has 0 aromatic carbocycles. The molecule has 0 fully saturated rings. The maximum absolute atomic E-state index is 11.5. The van der Waals surface area contributed by atoms with E-state index in [0.717, 1.165) is 0 Å². The zero-order valence-corrected chi connectivity index (χ0v) is 10.5. The average Bonchev–Trinajstić information content (AvgIpc) is 1.56. The van der Waals surface area contributed by atoms with E-state index in [4.69, 9.17) is 0 Å². The summed E-state index contributed by atoms with van der Waals surface area (Å²) >= 11 is 0. The van der Waals surface area contributed by atoms with Gasteiger partial charge in [-0.2, -0.15) is 13.2 Å². The van der Waals surface area contributed by atoms with E-state index in [1.54, 1.807) is 0 Å². The van der Waals surface area contributed by atoms with Gasteiger partial charge >= 0.3 is 41.7 Å². The van der Waals surface area contributed by atoms with Crippen molar-refractivity contribution in [2.45, 2.75) is 25.8 Å². The Morgan fingerprint density at radius 3 is 1.75 bits per heavy atom. The van der Waals surface area contributed by atoms with E-state index < -0.39 is 20.5 Å². The van der Waals surface area contributed by atoms with Crippen molar-refractivity contribution in [2.75, 3.05) is 0 Å². The van der Waals surface area contributed by atoms with Crippen LogP contribution in [-0.4, -0.2) is 20.5 Å². The molecule has 0 N–H and O–H groups in total. The number of hydrogen-bond donors (Lipinski definition) is 0. The maximum Gasteiger partial charge on any atom is 1.00 e. The fraction of sp³-hybridized carbons (Fsp3) is 0.800. The van der Waals surface area contributed by atoms with Crippen LogP contribution in [0.15, 0.2) is 0 Å². The molecule has 0 radical (unpaired) electrons. The summed E-state index contributed by atoms with van der Waals surface area (Å²) in [6, 6.07) is 0. The van der Waals surface area contributed by atoms with Gasteiger partial charge in [0.1, 0.15) is 0 Å². The molecule has 0 aliphatic carbocycles. The fourth-order valence-corrected chi connectivity index (χ4v) is 1.01. The zero-order chi connectivity index (χ0) is 9.28. The van der Waals surface area contributed by atoms with Gasteiger partial charge in [-0.15, -0.1) is 0 Å². The molecule has 0 aliphatic rings. The molecular weight excluding hydrogens is 200 g/mol. The minimum atomic E-state index is -4.86. The van der Waals surface area contributed by atoms with Crippen LogP contribution in [0.1, 0.15) is 1.43 Å². The Kier molecular flexibility index (Phi) is 5.79. The Bertz CT molecular complexity index is 168. The fourth-order valence-electron chi connectivity index (χ4n) is 0.336. The first-order chi connectivity index (χ1) is 4.63. The van der Waals surface area contributed by atoms with E-state index in [2.05, 4.69) is 4.43 Å². The average molecular weight is 210 g/mol. The number of rotatable bonds is 1. The number of alkyl halides is 3. The summed E-state index contributed by atoms with van der Waals surface area (Å²) in [5, 5.41) is 0. The van der Waals surface area contributed by atoms with Crippen molar-refractivity contribution in [1.82, 2.24) is 0 Å². The first kappa shape index (κ1) is 15.0. The summed E-state index contributed by atoms with van der Waals surface area (Å²) in [5.41, 5.74) is 0. The van der Waals surface area contributed by atoms with Crippen LogP contribution in [0.25, 0.3) is 0 Å². The van der Waals surface area contributed by atoms with Crippen LogP contribution in [0.5, 0.6) is 0 Å². The predicted molar refractivity (Wildman–Crippen MR) is 36.6 cm³/mol. The molecule has 0 atom stereocenters. The molecule has 7 heteroatoms. The number of carbonyl (C=O) groups excluding carboxylic acids is 1. The zero-order valence-electron chi connectivity index (χ0n) is 8.45. The second kappa shape index (κ2) is 4.64. The Morgan fingerprint density at radius 1 is 1.33 bits per heavy atom. The van der Waals surface area contributed by atoms with E-state index in [1.165, 1.54) is 19.6 Å². The van der Waals surface area contributed by atoms with Crippen molar-refractivity contribution in [1.29, 1.82) is 0 Å². The standard InChI is InChI=1S/C5H9F3O2Si.Na.H/c1-11(2,3)10-4(9)5(6,7)8;;/h1-3H3;;/q;+1;-1. The van der Waals surface area contributed by atoms with Crippen LogP contribution in [0, 0.1) is 0 Å². The molecule has 0 saturated carbocycles. The van der Waals surface area contributed by atoms with Crippen LogP contribution in [-0.2, 0) is 9.22 Å². The predicted octanol–water partition coefficient (Wildman–Crippen LogP) is -0.957. The van der Waals surface area contributed by atoms with Crippen molar-refractivity contribution in [3.63, 3.8) is 0 Å². The third kappa shape index (κ3) is 7.14. The van der Waals surface area contributed by atoms with Gasteiger partial charge in [-0.3, -0.25) is 0 Å². The van der Waals surface area contributed by atoms with Gasteiger partial charge in [0.15, 0.2) is 0 Å². The van der Waals surface area contributed by atoms with Gasteiger partial charge in [0, 0.05) is 0 Å². The van der Waals surface area contributed by atoms with Gasteiger partial charge in [0.2, 0.25) is 8.32 Å². The normalized spacial score (nSPS) is 11.8. The van der Waals surface area contributed by atoms with E-state index in [1.807, 2.05) is 0 Å². The number of hydrogen-bond acceptors (Lipinski definition) is 2. The summed E-state index contributed by atoms with van der Waals surface area (Å²) in [6.07, 6.45) is -4.86. The molecule has 0 rings (SSSR count). The maximum atomic E-state index is 11.5. The summed E-state index contributed by atoms with van der Waals surface area (Å²) in [7, 11) is -2.40. The molecule has 0 bridgehead atoms. The molecule has 0 amide bonds. The number of halogens is 3. The van der Waals surface area contributed by atoms with E-state index in [9.17, 15) is 18.0 Å². The summed E-state index contributed by atoms with van der Waals surface area (Å²) in [4.78, 5) is 10.2. The summed E-state index contributed by atoms with van der Waals surface area (Å²) in [5.74, 6) is -2.09. The van der Waals surface area contributed by atoms with Crippen molar-refractivity contribution in [3.8, 4) is 0 Å². The molecule has 0 aromatic rings. The van der Waals surface area contributed by atoms with Crippen LogP contribution in [0.2, 0.25) is 19.6 Å². The SMILES string of the molecule is C[Si](C)(C)OC(=O)C(F)(F)F.[H-].[Na+]. The first-order valence-corrected chi connectivity index (χ1v) is 6.34. The Balaban J connectivity index is -0.000000500. The van der Waals surface area contributed by atoms with Crippen molar-refractivity contribution in [2.24, 2.45) is 0 Å².